The molecule has 0 aliphatic heterocycles. The molecule has 0 saturated carbocycles. The molecular formula is C15H20ClF2IN6O. The van der Waals surface area contributed by atoms with Crippen LogP contribution in [0.25, 0.3) is 0 Å². The van der Waals surface area contributed by atoms with E-state index in [0.29, 0.717) is 23.1 Å². The number of halogens is 4. The highest BCUT2D eigenvalue weighted by Gasteiger charge is 2.13. The summed E-state index contributed by atoms with van der Waals surface area (Å²) >= 11 is 5.95. The standard InChI is InChI=1S/C15H19ClF2N6O.HI/c1-19-15(23(2)8-13-21-9-22-24(13)3)20-7-10-6-11(16)4-5-12(10)25-14(17)18;/h4-6,9,14H,7-8H2,1-3H3,(H,19,20);1H. The molecule has 1 heterocycles. The van der Waals surface area contributed by atoms with E-state index in [1.807, 2.05) is 11.9 Å². The van der Waals surface area contributed by atoms with E-state index < -0.39 is 6.61 Å². The largest absolute Gasteiger partial charge is 0.434 e. The van der Waals surface area contributed by atoms with Crippen molar-refractivity contribution < 1.29 is 13.5 Å². The molecule has 0 amide bonds. The van der Waals surface area contributed by atoms with Crippen molar-refractivity contribution in [3.63, 3.8) is 0 Å². The van der Waals surface area contributed by atoms with Gasteiger partial charge in [-0.3, -0.25) is 9.67 Å². The summed E-state index contributed by atoms with van der Waals surface area (Å²) < 4.78 is 31.2. The summed E-state index contributed by atoms with van der Waals surface area (Å²) in [7, 11) is 5.26. The molecule has 0 radical (unpaired) electrons. The molecule has 7 nitrogen and oxygen atoms in total. The number of hydrogen-bond acceptors (Lipinski definition) is 4. The lowest BCUT2D eigenvalue weighted by Gasteiger charge is -2.22. The van der Waals surface area contributed by atoms with Crippen LogP contribution in [-0.2, 0) is 20.1 Å². The molecule has 11 heteroatoms. The van der Waals surface area contributed by atoms with Gasteiger partial charge in [0.2, 0.25) is 0 Å². The van der Waals surface area contributed by atoms with E-state index in [-0.39, 0.29) is 36.3 Å². The maximum Gasteiger partial charge on any atom is 0.387 e. The Bertz CT molecular complexity index is 743. The number of nitrogens with one attached hydrogen (secondary N) is 1. The van der Waals surface area contributed by atoms with E-state index in [9.17, 15) is 8.78 Å². The van der Waals surface area contributed by atoms with Gasteiger partial charge in [-0.1, -0.05) is 11.6 Å². The van der Waals surface area contributed by atoms with Crippen LogP contribution in [0.3, 0.4) is 0 Å². The number of guanidine groups is 1. The van der Waals surface area contributed by atoms with E-state index in [1.165, 1.54) is 18.5 Å². The number of aliphatic imine (C=N–C) groups is 1. The fourth-order valence-corrected chi connectivity index (χ4v) is 2.40. The van der Waals surface area contributed by atoms with E-state index in [2.05, 4.69) is 25.1 Å². The number of hydrogen-bond donors (Lipinski definition) is 1. The van der Waals surface area contributed by atoms with Gasteiger partial charge >= 0.3 is 6.61 Å². The van der Waals surface area contributed by atoms with Crippen LogP contribution in [0, 0.1) is 0 Å². The number of aryl methyl sites for hydroxylation is 1. The van der Waals surface area contributed by atoms with E-state index in [1.54, 1.807) is 24.8 Å². The summed E-state index contributed by atoms with van der Waals surface area (Å²) in [4.78, 5) is 10.2. The first kappa shape index (κ1) is 22.4. The Balaban J connectivity index is 0.00000338. The average Bonchev–Trinajstić information content (AvgIpc) is 2.95. The zero-order valence-electron chi connectivity index (χ0n) is 14.5. The van der Waals surface area contributed by atoms with Gasteiger partial charge < -0.3 is 15.0 Å². The highest BCUT2D eigenvalue weighted by molar-refractivity contribution is 14.0. The smallest absolute Gasteiger partial charge is 0.387 e. The topological polar surface area (TPSA) is 67.6 Å². The lowest BCUT2D eigenvalue weighted by Crippen LogP contribution is -2.38. The van der Waals surface area contributed by atoms with Crippen molar-refractivity contribution >= 4 is 41.5 Å². The number of benzene rings is 1. The summed E-state index contributed by atoms with van der Waals surface area (Å²) in [6.45, 7) is -2.21. The second kappa shape index (κ2) is 10.5. The molecule has 1 N–H and O–H groups in total. The van der Waals surface area contributed by atoms with Crippen LogP contribution in [-0.4, -0.2) is 46.3 Å². The monoisotopic (exact) mass is 500 g/mol. The number of alkyl halides is 2. The number of nitrogens with zero attached hydrogens (tertiary/aromatic N) is 5. The first-order valence-electron chi connectivity index (χ1n) is 7.38. The first-order chi connectivity index (χ1) is 11.9. The minimum absolute atomic E-state index is 0. The minimum atomic E-state index is -2.90. The second-order valence-electron chi connectivity index (χ2n) is 5.19. The molecule has 2 rings (SSSR count). The van der Waals surface area contributed by atoms with Gasteiger partial charge in [0.25, 0.3) is 0 Å². The molecule has 0 fully saturated rings. The van der Waals surface area contributed by atoms with Gasteiger partial charge in [-0.25, -0.2) is 4.98 Å². The van der Waals surface area contributed by atoms with Gasteiger partial charge in [0.15, 0.2) is 5.96 Å². The van der Waals surface area contributed by atoms with Crippen molar-refractivity contribution in [2.75, 3.05) is 14.1 Å². The van der Waals surface area contributed by atoms with Gasteiger partial charge in [0.1, 0.15) is 17.9 Å². The van der Waals surface area contributed by atoms with E-state index in [0.717, 1.165) is 5.82 Å². The Labute approximate surface area is 172 Å². The normalized spacial score (nSPS) is 11.3. The fraction of sp³-hybridized carbons (Fsp3) is 0.400. The molecule has 0 unspecified atom stereocenters. The third-order valence-electron chi connectivity index (χ3n) is 3.43. The zero-order valence-corrected chi connectivity index (χ0v) is 17.6. The maximum absolute atomic E-state index is 12.5. The average molecular weight is 501 g/mol. The third-order valence-corrected chi connectivity index (χ3v) is 3.67. The Morgan fingerprint density at radius 1 is 1.46 bits per heavy atom. The maximum atomic E-state index is 12.5. The SMILES string of the molecule is CN=C(NCc1cc(Cl)ccc1OC(F)F)N(C)Cc1ncnn1C.I. The van der Waals surface area contributed by atoms with Gasteiger partial charge in [0, 0.05) is 38.3 Å². The molecule has 0 aliphatic rings. The molecule has 0 saturated heterocycles. The van der Waals surface area contributed by atoms with Crippen LogP contribution in [0.1, 0.15) is 11.4 Å². The molecule has 26 heavy (non-hydrogen) atoms. The molecule has 1 aromatic carbocycles. The fourth-order valence-electron chi connectivity index (χ4n) is 2.21. The highest BCUT2D eigenvalue weighted by atomic mass is 127. The van der Waals surface area contributed by atoms with Crippen LogP contribution in [0.5, 0.6) is 5.75 Å². The van der Waals surface area contributed by atoms with Crippen LogP contribution >= 0.6 is 35.6 Å². The Morgan fingerprint density at radius 2 is 2.19 bits per heavy atom. The molecule has 0 bridgehead atoms. The van der Waals surface area contributed by atoms with Crippen LogP contribution in [0.15, 0.2) is 29.5 Å². The first-order valence-corrected chi connectivity index (χ1v) is 7.76. The van der Waals surface area contributed by atoms with Gasteiger partial charge in [-0.15, -0.1) is 24.0 Å². The van der Waals surface area contributed by atoms with E-state index >= 15 is 0 Å². The van der Waals surface area contributed by atoms with Crippen molar-refractivity contribution in [2.24, 2.45) is 12.0 Å². The summed E-state index contributed by atoms with van der Waals surface area (Å²) in [5.41, 5.74) is 0.501. The van der Waals surface area contributed by atoms with Crippen LogP contribution in [0.4, 0.5) is 8.78 Å². The summed E-state index contributed by atoms with van der Waals surface area (Å²) in [6.07, 6.45) is 1.47. The minimum Gasteiger partial charge on any atom is -0.434 e. The van der Waals surface area contributed by atoms with Crippen LogP contribution in [0.2, 0.25) is 5.02 Å². The predicted octanol–water partition coefficient (Wildman–Crippen LogP) is 2.90. The van der Waals surface area contributed by atoms with Crippen molar-refractivity contribution in [3.8, 4) is 5.75 Å². The lowest BCUT2D eigenvalue weighted by atomic mass is 10.2. The Hall–Kier alpha value is -1.69. The number of rotatable bonds is 6. The van der Waals surface area contributed by atoms with E-state index in [4.69, 9.17) is 11.6 Å². The highest BCUT2D eigenvalue weighted by Crippen LogP contribution is 2.24. The number of aromatic nitrogens is 3. The summed E-state index contributed by atoms with van der Waals surface area (Å²) in [6, 6.07) is 4.48. The lowest BCUT2D eigenvalue weighted by molar-refractivity contribution is -0.0504. The van der Waals surface area contributed by atoms with Crippen LogP contribution < -0.4 is 10.1 Å². The van der Waals surface area contributed by atoms with Gasteiger partial charge in [-0.2, -0.15) is 13.9 Å². The molecular weight excluding hydrogens is 481 g/mol. The molecule has 144 valence electrons. The second-order valence-corrected chi connectivity index (χ2v) is 5.62. The van der Waals surface area contributed by atoms with Gasteiger partial charge in [-0.05, 0) is 18.2 Å². The Morgan fingerprint density at radius 3 is 2.77 bits per heavy atom. The van der Waals surface area contributed by atoms with Gasteiger partial charge in [0.05, 0.1) is 6.54 Å². The molecule has 0 atom stereocenters. The number of ether oxygens (including phenoxy) is 1. The Kier molecular flexibility index (Phi) is 8.99. The van der Waals surface area contributed by atoms with Crippen molar-refractivity contribution in [1.82, 2.24) is 25.0 Å². The molecule has 0 aliphatic carbocycles. The molecule has 0 spiro atoms. The zero-order chi connectivity index (χ0) is 18.4. The van der Waals surface area contributed by atoms with Crippen molar-refractivity contribution in [2.45, 2.75) is 19.7 Å². The molecule has 1 aromatic heterocycles. The molecule has 2 aromatic rings. The summed E-state index contributed by atoms with van der Waals surface area (Å²) in [5.74, 6) is 1.39. The third kappa shape index (κ3) is 6.24. The quantitative estimate of drug-likeness (QED) is 0.375. The van der Waals surface area contributed by atoms with Crippen molar-refractivity contribution in [1.29, 1.82) is 0 Å². The predicted molar refractivity (Wildman–Crippen MR) is 106 cm³/mol. The van der Waals surface area contributed by atoms with Crippen molar-refractivity contribution in [3.05, 3.63) is 40.9 Å². The summed E-state index contributed by atoms with van der Waals surface area (Å²) in [5, 5.41) is 7.54.